The zero-order valence-corrected chi connectivity index (χ0v) is 8.94. The lowest BCUT2D eigenvalue weighted by atomic mass is 10.1. The number of nitrogens with one attached hydrogen (secondary N) is 1. The highest BCUT2D eigenvalue weighted by molar-refractivity contribution is 6.01. The lowest BCUT2D eigenvalue weighted by Crippen LogP contribution is -2.60. The van der Waals surface area contributed by atoms with E-state index in [1.54, 1.807) is 13.8 Å². The molecule has 15 heavy (non-hydrogen) atoms. The fourth-order valence-corrected chi connectivity index (χ4v) is 1.51. The molecule has 1 fully saturated rings. The highest BCUT2D eigenvalue weighted by atomic mass is 16.5. The van der Waals surface area contributed by atoms with Crippen molar-refractivity contribution in [1.29, 1.82) is 0 Å². The van der Waals surface area contributed by atoms with Gasteiger partial charge in [-0.05, 0) is 13.8 Å². The maximum atomic E-state index is 11.3. The van der Waals surface area contributed by atoms with Crippen LogP contribution < -0.4 is 5.32 Å². The van der Waals surface area contributed by atoms with Crippen molar-refractivity contribution < 1.29 is 19.1 Å². The van der Waals surface area contributed by atoms with Crippen molar-refractivity contribution in [3.63, 3.8) is 0 Å². The average molecular weight is 214 g/mol. The molecule has 0 aromatic heterocycles. The molecule has 6 heteroatoms. The molecule has 0 radical (unpaired) electrons. The van der Waals surface area contributed by atoms with E-state index in [-0.39, 0.29) is 12.5 Å². The summed E-state index contributed by atoms with van der Waals surface area (Å²) in [5.74, 6) is -1.24. The Morgan fingerprint density at radius 3 is 2.73 bits per heavy atom. The first-order valence-corrected chi connectivity index (χ1v) is 4.64. The van der Waals surface area contributed by atoms with Gasteiger partial charge in [-0.3, -0.25) is 24.6 Å². The van der Waals surface area contributed by atoms with E-state index in [4.69, 9.17) is 0 Å². The van der Waals surface area contributed by atoms with Gasteiger partial charge in [0.25, 0.3) is 0 Å². The Labute approximate surface area is 87.6 Å². The predicted octanol–water partition coefficient (Wildman–Crippen LogP) is -1.11. The molecule has 2 unspecified atom stereocenters. The van der Waals surface area contributed by atoms with Crippen molar-refractivity contribution in [1.82, 2.24) is 10.2 Å². The van der Waals surface area contributed by atoms with E-state index in [1.165, 1.54) is 12.0 Å². The Kier molecular flexibility index (Phi) is 3.41. The molecule has 1 heterocycles. The van der Waals surface area contributed by atoms with Crippen molar-refractivity contribution in [3.8, 4) is 0 Å². The first-order valence-electron chi connectivity index (χ1n) is 4.64. The number of carbonyl (C=O) groups is 3. The number of amides is 2. The molecule has 1 saturated heterocycles. The number of esters is 1. The Morgan fingerprint density at radius 1 is 1.60 bits per heavy atom. The molecule has 1 N–H and O–H groups in total. The Hall–Kier alpha value is -1.43. The number of piperazine rings is 1. The maximum absolute atomic E-state index is 11.3. The highest BCUT2D eigenvalue weighted by Gasteiger charge is 2.36. The molecule has 2 atom stereocenters. The minimum absolute atomic E-state index is 0.0309. The number of carbonyl (C=O) groups excluding carboxylic acids is 3. The summed E-state index contributed by atoms with van der Waals surface area (Å²) in [6.45, 7) is 3.28. The lowest BCUT2D eigenvalue weighted by molar-refractivity contribution is -0.151. The quantitative estimate of drug-likeness (QED) is 0.466. The van der Waals surface area contributed by atoms with Crippen molar-refractivity contribution in [2.45, 2.75) is 25.9 Å². The molecule has 0 bridgehead atoms. The standard InChI is InChI=1S/C9H14N2O4/c1-5-8(13)10-7(12)4-11(5)6(2)9(14)15-3/h5-6H,4H2,1-3H3,(H,10,12,13). The second kappa shape index (κ2) is 4.39. The van der Waals surface area contributed by atoms with Crippen molar-refractivity contribution >= 4 is 17.8 Å². The molecule has 2 amide bonds. The fourth-order valence-electron chi connectivity index (χ4n) is 1.51. The third kappa shape index (κ3) is 2.33. The van der Waals surface area contributed by atoms with Gasteiger partial charge < -0.3 is 4.74 Å². The van der Waals surface area contributed by atoms with Crippen molar-refractivity contribution in [2.75, 3.05) is 13.7 Å². The molecular formula is C9H14N2O4. The normalized spacial score (nSPS) is 24.6. The second-order valence-corrected chi connectivity index (χ2v) is 3.46. The molecule has 1 aliphatic rings. The van der Waals surface area contributed by atoms with Gasteiger partial charge in [-0.15, -0.1) is 0 Å². The molecule has 0 aromatic carbocycles. The van der Waals surface area contributed by atoms with Gasteiger partial charge in [-0.2, -0.15) is 0 Å². The first-order chi connectivity index (χ1) is 6.97. The van der Waals surface area contributed by atoms with Gasteiger partial charge in [0.2, 0.25) is 11.8 Å². The van der Waals surface area contributed by atoms with Crippen LogP contribution in [0.3, 0.4) is 0 Å². The number of methoxy groups -OCH3 is 1. The smallest absolute Gasteiger partial charge is 0.322 e. The summed E-state index contributed by atoms with van der Waals surface area (Å²) in [4.78, 5) is 35.2. The molecule has 0 aliphatic carbocycles. The SMILES string of the molecule is COC(=O)C(C)N1CC(=O)NC(=O)C1C. The molecule has 1 rings (SSSR count). The maximum Gasteiger partial charge on any atom is 0.322 e. The molecule has 0 saturated carbocycles. The van der Waals surface area contributed by atoms with Crippen LogP contribution in [-0.2, 0) is 19.1 Å². The van der Waals surface area contributed by atoms with Gasteiger partial charge in [0.15, 0.2) is 0 Å². The van der Waals surface area contributed by atoms with E-state index >= 15 is 0 Å². The first kappa shape index (κ1) is 11.6. The minimum atomic E-state index is -0.597. The molecular weight excluding hydrogens is 200 g/mol. The van der Waals surface area contributed by atoms with Crippen LogP contribution in [0.4, 0.5) is 0 Å². The number of hydrogen-bond acceptors (Lipinski definition) is 5. The summed E-state index contributed by atoms with van der Waals surface area (Å²) in [7, 11) is 1.27. The van der Waals surface area contributed by atoms with E-state index < -0.39 is 24.0 Å². The zero-order valence-electron chi connectivity index (χ0n) is 8.94. The van der Waals surface area contributed by atoms with Crippen molar-refractivity contribution in [3.05, 3.63) is 0 Å². The third-order valence-electron chi connectivity index (χ3n) is 2.51. The predicted molar refractivity (Wildman–Crippen MR) is 50.8 cm³/mol. The average Bonchev–Trinajstić information content (AvgIpc) is 2.21. The topological polar surface area (TPSA) is 75.7 Å². The largest absolute Gasteiger partial charge is 0.468 e. The van der Waals surface area contributed by atoms with Gasteiger partial charge in [0.1, 0.15) is 6.04 Å². The highest BCUT2D eigenvalue weighted by Crippen LogP contribution is 2.10. The number of nitrogens with zero attached hydrogens (tertiary/aromatic N) is 1. The molecule has 6 nitrogen and oxygen atoms in total. The number of hydrogen-bond donors (Lipinski definition) is 1. The van der Waals surface area contributed by atoms with E-state index in [2.05, 4.69) is 10.1 Å². The van der Waals surface area contributed by atoms with Gasteiger partial charge in [-0.1, -0.05) is 0 Å². The van der Waals surface area contributed by atoms with Crippen LogP contribution in [0, 0.1) is 0 Å². The van der Waals surface area contributed by atoms with Gasteiger partial charge in [-0.25, -0.2) is 0 Å². The fraction of sp³-hybridized carbons (Fsp3) is 0.667. The summed E-state index contributed by atoms with van der Waals surface area (Å²) >= 11 is 0. The van der Waals surface area contributed by atoms with Crippen molar-refractivity contribution in [2.24, 2.45) is 0 Å². The monoisotopic (exact) mass is 214 g/mol. The Balaban J connectivity index is 2.78. The van der Waals surface area contributed by atoms with E-state index in [0.717, 1.165) is 0 Å². The molecule has 0 spiro atoms. The number of ether oxygens (including phenoxy) is 1. The Bertz CT molecular complexity index is 302. The minimum Gasteiger partial charge on any atom is -0.468 e. The van der Waals surface area contributed by atoms with Crippen LogP contribution in [0.25, 0.3) is 0 Å². The number of rotatable bonds is 2. The number of imide groups is 1. The summed E-state index contributed by atoms with van der Waals surface area (Å²) < 4.78 is 4.56. The molecule has 1 aliphatic heterocycles. The Morgan fingerprint density at radius 2 is 2.20 bits per heavy atom. The summed E-state index contributed by atoms with van der Waals surface area (Å²) in [5, 5.41) is 2.20. The summed E-state index contributed by atoms with van der Waals surface area (Å²) in [5.41, 5.74) is 0. The lowest BCUT2D eigenvalue weighted by Gasteiger charge is -2.34. The van der Waals surface area contributed by atoms with E-state index in [1.807, 2.05) is 0 Å². The van der Waals surface area contributed by atoms with E-state index in [9.17, 15) is 14.4 Å². The second-order valence-electron chi connectivity index (χ2n) is 3.46. The van der Waals surface area contributed by atoms with Crippen LogP contribution in [0.5, 0.6) is 0 Å². The van der Waals surface area contributed by atoms with Gasteiger partial charge in [0, 0.05) is 0 Å². The summed E-state index contributed by atoms with van der Waals surface area (Å²) in [6.07, 6.45) is 0. The zero-order chi connectivity index (χ0) is 11.6. The third-order valence-corrected chi connectivity index (χ3v) is 2.51. The van der Waals surface area contributed by atoms with Crippen LogP contribution in [-0.4, -0.2) is 48.4 Å². The van der Waals surface area contributed by atoms with Gasteiger partial charge in [0.05, 0.1) is 19.7 Å². The molecule has 84 valence electrons. The van der Waals surface area contributed by atoms with Gasteiger partial charge >= 0.3 is 5.97 Å². The summed E-state index contributed by atoms with van der Waals surface area (Å²) in [6, 6.07) is -1.10. The molecule has 0 aromatic rings. The van der Waals surface area contributed by atoms with Crippen LogP contribution in [0.1, 0.15) is 13.8 Å². The van der Waals surface area contributed by atoms with Crippen LogP contribution >= 0.6 is 0 Å². The van der Waals surface area contributed by atoms with Crippen LogP contribution in [0.2, 0.25) is 0 Å². The van der Waals surface area contributed by atoms with E-state index in [0.29, 0.717) is 0 Å². The van der Waals surface area contributed by atoms with Crippen LogP contribution in [0.15, 0.2) is 0 Å².